The Morgan fingerprint density at radius 2 is 0.891 bits per heavy atom. The fourth-order valence-corrected chi connectivity index (χ4v) is 4.48. The number of halogens is 2. The number of carbonyl (C=O) groups is 4. The van der Waals surface area contributed by atoms with Crippen molar-refractivity contribution in [3.05, 3.63) is 106 Å². The average molecular weight is 658 g/mol. The van der Waals surface area contributed by atoms with Gasteiger partial charge in [-0.2, -0.15) is 10.2 Å². The number of aryl methyl sites for hydroxylation is 2. The lowest BCUT2D eigenvalue weighted by molar-refractivity contribution is -0.116. The summed E-state index contributed by atoms with van der Waals surface area (Å²) in [5, 5.41) is 13.9. The Kier molecular flexibility index (Phi) is 11.0. The second-order valence-corrected chi connectivity index (χ2v) is 11.1. The summed E-state index contributed by atoms with van der Waals surface area (Å²) in [5.74, 6) is -2.38. The molecule has 4 aromatic rings. The van der Waals surface area contributed by atoms with Gasteiger partial charge >= 0.3 is 0 Å². The van der Waals surface area contributed by atoms with Gasteiger partial charge in [0.15, 0.2) is 23.0 Å². The molecule has 0 aliphatic carbocycles. The average Bonchev–Trinajstić information content (AvgIpc) is 3.00. The molecule has 10 nitrogen and oxygen atoms in total. The summed E-state index contributed by atoms with van der Waals surface area (Å²) in [5.41, 5.74) is 10.0. The van der Waals surface area contributed by atoms with Crippen molar-refractivity contribution in [3.8, 4) is 11.1 Å². The predicted molar refractivity (Wildman–Crippen MR) is 185 cm³/mol. The number of anilines is 4. The maximum absolute atomic E-state index is 12.7. The third-order valence-corrected chi connectivity index (χ3v) is 7.19. The summed E-state index contributed by atoms with van der Waals surface area (Å²) >= 11 is 13.0. The van der Waals surface area contributed by atoms with E-state index < -0.39 is 23.4 Å². The first-order valence-electron chi connectivity index (χ1n) is 14.0. The number of benzene rings is 4. The summed E-state index contributed by atoms with van der Waals surface area (Å²) in [6.07, 6.45) is 0. The number of amides is 2. The van der Waals surface area contributed by atoms with E-state index in [0.717, 1.165) is 11.1 Å². The van der Waals surface area contributed by atoms with Gasteiger partial charge in [0, 0.05) is 25.2 Å². The van der Waals surface area contributed by atoms with Gasteiger partial charge in [-0.25, -0.2) is 0 Å². The maximum Gasteiger partial charge on any atom is 0.279 e. The SMILES string of the molecule is CC(=O)/C(=N\Nc1ccc(-c2ccc(N/N=C(\C(C)=O)C(=O)Nc3ccc(C)cc3)c(Cl)c2)cc1Cl)C(=O)Nc1ccc(C)cc1. The number of rotatable bonds is 11. The Hall–Kier alpha value is -5.32. The maximum atomic E-state index is 12.7. The van der Waals surface area contributed by atoms with Crippen LogP contribution in [-0.2, 0) is 19.2 Å². The van der Waals surface area contributed by atoms with E-state index >= 15 is 0 Å². The Balaban J connectivity index is 1.45. The highest BCUT2D eigenvalue weighted by Crippen LogP contribution is 2.33. The van der Waals surface area contributed by atoms with Crippen LogP contribution in [0.25, 0.3) is 11.1 Å². The van der Waals surface area contributed by atoms with Gasteiger partial charge in [0.25, 0.3) is 11.8 Å². The lowest BCUT2D eigenvalue weighted by Gasteiger charge is -2.11. The minimum Gasteiger partial charge on any atom is -0.320 e. The van der Waals surface area contributed by atoms with Crippen LogP contribution in [0.5, 0.6) is 0 Å². The second-order valence-electron chi connectivity index (χ2n) is 10.3. The molecule has 0 aliphatic rings. The van der Waals surface area contributed by atoms with E-state index in [4.69, 9.17) is 23.2 Å². The van der Waals surface area contributed by atoms with Gasteiger partial charge in [0.2, 0.25) is 0 Å². The molecule has 4 aromatic carbocycles. The van der Waals surface area contributed by atoms with Gasteiger partial charge in [0.05, 0.1) is 21.4 Å². The van der Waals surface area contributed by atoms with E-state index in [-0.39, 0.29) is 21.5 Å². The number of hydrazone groups is 2. The molecule has 0 bridgehead atoms. The lowest BCUT2D eigenvalue weighted by Crippen LogP contribution is -2.29. The minimum absolute atomic E-state index is 0.275. The van der Waals surface area contributed by atoms with Crippen molar-refractivity contribution < 1.29 is 19.2 Å². The summed E-state index contributed by atoms with van der Waals surface area (Å²) in [6, 6.07) is 24.4. The lowest BCUT2D eigenvalue weighted by atomic mass is 10.0. The van der Waals surface area contributed by atoms with E-state index in [1.165, 1.54) is 13.8 Å². The molecule has 0 heterocycles. The first kappa shape index (κ1) is 33.6. The minimum atomic E-state index is -0.661. The number of ketones is 2. The van der Waals surface area contributed by atoms with Crippen molar-refractivity contribution in [2.24, 2.45) is 10.2 Å². The second kappa shape index (κ2) is 15.1. The molecule has 2 amide bonds. The Labute approximate surface area is 275 Å². The molecule has 234 valence electrons. The van der Waals surface area contributed by atoms with Crippen LogP contribution in [0.15, 0.2) is 95.1 Å². The van der Waals surface area contributed by atoms with Gasteiger partial charge in [-0.15, -0.1) is 0 Å². The van der Waals surface area contributed by atoms with Crippen molar-refractivity contribution in [3.63, 3.8) is 0 Å². The Bertz CT molecular complexity index is 1730. The molecule has 0 fully saturated rings. The van der Waals surface area contributed by atoms with Gasteiger partial charge < -0.3 is 10.6 Å². The summed E-state index contributed by atoms with van der Waals surface area (Å²) in [4.78, 5) is 49.6. The number of Topliss-reactive ketones (excluding diaryl/α,β-unsaturated/α-hetero) is 2. The summed E-state index contributed by atoms with van der Waals surface area (Å²) < 4.78 is 0. The highest BCUT2D eigenvalue weighted by atomic mass is 35.5. The largest absolute Gasteiger partial charge is 0.320 e. The number of nitrogens with zero attached hydrogens (tertiary/aromatic N) is 2. The highest BCUT2D eigenvalue weighted by Gasteiger charge is 2.19. The van der Waals surface area contributed by atoms with Crippen molar-refractivity contribution in [2.75, 3.05) is 21.5 Å². The van der Waals surface area contributed by atoms with Gasteiger partial charge in [-0.1, -0.05) is 70.7 Å². The van der Waals surface area contributed by atoms with Crippen molar-refractivity contribution >= 4 is 80.8 Å². The van der Waals surface area contributed by atoms with Crippen LogP contribution in [0.2, 0.25) is 10.0 Å². The molecule has 4 N–H and O–H groups in total. The van der Waals surface area contributed by atoms with E-state index in [9.17, 15) is 19.2 Å². The van der Waals surface area contributed by atoms with Crippen LogP contribution in [-0.4, -0.2) is 34.8 Å². The molecule has 0 atom stereocenters. The fraction of sp³-hybridized carbons (Fsp3) is 0.118. The molecule has 0 saturated heterocycles. The van der Waals surface area contributed by atoms with Crippen LogP contribution in [0, 0.1) is 13.8 Å². The summed E-state index contributed by atoms with van der Waals surface area (Å²) in [7, 11) is 0. The van der Waals surface area contributed by atoms with Crippen molar-refractivity contribution in [1.82, 2.24) is 0 Å². The number of hydrogen-bond acceptors (Lipinski definition) is 8. The molecule has 4 rings (SSSR count). The van der Waals surface area contributed by atoms with E-state index in [1.807, 2.05) is 38.1 Å². The first-order chi connectivity index (χ1) is 21.9. The molecule has 0 aliphatic heterocycles. The third-order valence-electron chi connectivity index (χ3n) is 6.56. The summed E-state index contributed by atoms with van der Waals surface area (Å²) in [6.45, 7) is 6.34. The quantitative estimate of drug-likeness (QED) is 0.0760. The highest BCUT2D eigenvalue weighted by molar-refractivity contribution is 6.67. The molecular formula is C34H30Cl2N6O4. The number of carbonyl (C=O) groups excluding carboxylic acids is 4. The van der Waals surface area contributed by atoms with Crippen LogP contribution < -0.4 is 21.5 Å². The van der Waals surface area contributed by atoms with Crippen LogP contribution in [0.3, 0.4) is 0 Å². The molecule has 0 radical (unpaired) electrons. The van der Waals surface area contributed by atoms with Crippen LogP contribution in [0.1, 0.15) is 25.0 Å². The predicted octanol–water partition coefficient (Wildman–Crippen LogP) is 7.27. The zero-order chi connectivity index (χ0) is 33.4. The zero-order valence-electron chi connectivity index (χ0n) is 25.4. The number of hydrogen-bond donors (Lipinski definition) is 4. The van der Waals surface area contributed by atoms with Gasteiger partial charge in [0.1, 0.15) is 0 Å². The van der Waals surface area contributed by atoms with E-state index in [1.54, 1.807) is 60.7 Å². The fourth-order valence-electron chi connectivity index (χ4n) is 4.04. The van der Waals surface area contributed by atoms with Gasteiger partial charge in [-0.3, -0.25) is 30.0 Å². The number of nitrogens with one attached hydrogen (secondary N) is 4. The smallest absolute Gasteiger partial charge is 0.279 e. The van der Waals surface area contributed by atoms with Crippen LogP contribution in [0.4, 0.5) is 22.7 Å². The zero-order valence-corrected chi connectivity index (χ0v) is 26.9. The van der Waals surface area contributed by atoms with Crippen molar-refractivity contribution in [2.45, 2.75) is 27.7 Å². The molecule has 46 heavy (non-hydrogen) atoms. The van der Waals surface area contributed by atoms with E-state index in [0.29, 0.717) is 33.9 Å². The van der Waals surface area contributed by atoms with E-state index in [2.05, 4.69) is 31.7 Å². The molecule has 0 unspecified atom stereocenters. The topological polar surface area (TPSA) is 141 Å². The Morgan fingerprint density at radius 3 is 1.20 bits per heavy atom. The normalized spacial score (nSPS) is 11.4. The molecule has 12 heteroatoms. The van der Waals surface area contributed by atoms with Crippen LogP contribution >= 0.6 is 23.2 Å². The van der Waals surface area contributed by atoms with Gasteiger partial charge in [-0.05, 0) is 73.5 Å². The molecule has 0 aromatic heterocycles. The third kappa shape index (κ3) is 8.87. The molecule has 0 spiro atoms. The molecule has 0 saturated carbocycles. The standard InChI is InChI=1S/C34H30Cl2N6O4/c1-19-5-11-25(12-6-19)37-33(45)31(21(3)43)41-39-29-15-9-23(17-27(29)35)24-10-16-30(28(36)18-24)40-42-32(22(4)44)34(46)38-26-13-7-20(2)8-14-26/h5-18,39-40H,1-4H3,(H,37,45)(H,38,46)/b41-31+,42-32+. The van der Waals surface area contributed by atoms with Crippen molar-refractivity contribution in [1.29, 1.82) is 0 Å². The monoisotopic (exact) mass is 656 g/mol. The molecular weight excluding hydrogens is 627 g/mol. The first-order valence-corrected chi connectivity index (χ1v) is 14.7. The Morgan fingerprint density at radius 1 is 0.543 bits per heavy atom.